The molecule has 0 aliphatic heterocycles. The molecule has 2 rings (SSSR count). The SMILES string of the molecule is CN(C)C(c1csc2ccccc12)C(F)(F)F. The fraction of sp³-hybridized carbons (Fsp3) is 0.333. The number of benzene rings is 1. The predicted molar refractivity (Wildman–Crippen MR) is 64.3 cm³/mol. The molecule has 0 fully saturated rings. The molecule has 92 valence electrons. The van der Waals surface area contributed by atoms with Crippen LogP contribution in [0.3, 0.4) is 0 Å². The van der Waals surface area contributed by atoms with Crippen LogP contribution in [0.15, 0.2) is 29.6 Å². The van der Waals surface area contributed by atoms with Crippen LogP contribution in [0.4, 0.5) is 13.2 Å². The number of alkyl halides is 3. The standard InChI is InChI=1S/C12H12F3NS/c1-16(2)11(12(13,14)15)9-7-17-10-6-4-3-5-8(9)10/h3-7,11H,1-2H3. The van der Waals surface area contributed by atoms with Gasteiger partial charge >= 0.3 is 6.18 Å². The molecule has 0 bridgehead atoms. The largest absolute Gasteiger partial charge is 0.408 e. The van der Waals surface area contributed by atoms with Crippen molar-refractivity contribution < 1.29 is 13.2 Å². The molecular formula is C12H12F3NS. The molecule has 1 nitrogen and oxygen atoms in total. The second-order valence-corrected chi connectivity index (χ2v) is 5.01. The van der Waals surface area contributed by atoms with Crippen LogP contribution in [0.2, 0.25) is 0 Å². The van der Waals surface area contributed by atoms with Crippen molar-refractivity contribution in [3.63, 3.8) is 0 Å². The van der Waals surface area contributed by atoms with Crippen molar-refractivity contribution in [1.82, 2.24) is 4.90 Å². The van der Waals surface area contributed by atoms with Crippen molar-refractivity contribution in [3.8, 4) is 0 Å². The zero-order valence-corrected chi connectivity index (χ0v) is 10.3. The molecule has 1 aromatic carbocycles. The smallest absolute Gasteiger partial charge is 0.295 e. The normalized spacial score (nSPS) is 14.5. The Morgan fingerprint density at radius 2 is 1.82 bits per heavy atom. The fourth-order valence-corrected chi connectivity index (χ4v) is 2.94. The number of rotatable bonds is 2. The van der Waals surface area contributed by atoms with Crippen molar-refractivity contribution >= 4 is 21.4 Å². The molecule has 2 aromatic rings. The topological polar surface area (TPSA) is 3.24 Å². The number of hydrogen-bond acceptors (Lipinski definition) is 2. The van der Waals surface area contributed by atoms with E-state index >= 15 is 0 Å². The lowest BCUT2D eigenvalue weighted by atomic mass is 10.0. The van der Waals surface area contributed by atoms with E-state index in [0.717, 1.165) is 4.70 Å². The summed E-state index contributed by atoms with van der Waals surface area (Å²) in [6.45, 7) is 0. The third-order valence-electron chi connectivity index (χ3n) is 2.63. The van der Waals surface area contributed by atoms with Crippen molar-refractivity contribution in [2.24, 2.45) is 0 Å². The first kappa shape index (κ1) is 12.4. The van der Waals surface area contributed by atoms with Crippen LogP contribution in [0.25, 0.3) is 10.1 Å². The van der Waals surface area contributed by atoms with Gasteiger partial charge in [0.2, 0.25) is 0 Å². The quantitative estimate of drug-likeness (QED) is 0.786. The zero-order chi connectivity index (χ0) is 12.6. The van der Waals surface area contributed by atoms with E-state index in [4.69, 9.17) is 0 Å². The molecule has 1 atom stereocenters. The minimum Gasteiger partial charge on any atom is -0.295 e. The molecule has 0 aliphatic carbocycles. The summed E-state index contributed by atoms with van der Waals surface area (Å²) in [4.78, 5) is 1.20. The van der Waals surface area contributed by atoms with Gasteiger partial charge in [-0.3, -0.25) is 4.90 Å². The highest BCUT2D eigenvalue weighted by molar-refractivity contribution is 7.17. The lowest BCUT2D eigenvalue weighted by Crippen LogP contribution is -2.33. The summed E-state index contributed by atoms with van der Waals surface area (Å²) in [6.07, 6.45) is -4.26. The first-order valence-corrected chi connectivity index (χ1v) is 5.98. The van der Waals surface area contributed by atoms with E-state index in [2.05, 4.69) is 0 Å². The average Bonchev–Trinajstić information content (AvgIpc) is 2.60. The first-order valence-electron chi connectivity index (χ1n) is 5.10. The van der Waals surface area contributed by atoms with E-state index < -0.39 is 12.2 Å². The molecule has 0 N–H and O–H groups in total. The Balaban J connectivity index is 2.57. The van der Waals surface area contributed by atoms with Crippen LogP contribution in [0.1, 0.15) is 11.6 Å². The number of hydrogen-bond donors (Lipinski definition) is 0. The first-order chi connectivity index (χ1) is 7.91. The van der Waals surface area contributed by atoms with Crippen LogP contribution >= 0.6 is 11.3 Å². The Hall–Kier alpha value is -1.07. The molecular weight excluding hydrogens is 247 g/mol. The molecule has 17 heavy (non-hydrogen) atoms. The highest BCUT2D eigenvalue weighted by atomic mass is 32.1. The Labute approximate surface area is 101 Å². The minimum absolute atomic E-state index is 0.336. The monoisotopic (exact) mass is 259 g/mol. The second kappa shape index (κ2) is 4.31. The van der Waals surface area contributed by atoms with Gasteiger partial charge in [0.1, 0.15) is 6.04 Å². The summed E-state index contributed by atoms with van der Waals surface area (Å²) < 4.78 is 40.0. The summed E-state index contributed by atoms with van der Waals surface area (Å²) in [5, 5.41) is 2.29. The van der Waals surface area contributed by atoms with Crippen LogP contribution < -0.4 is 0 Å². The summed E-state index contributed by atoms with van der Waals surface area (Å²) in [5.41, 5.74) is 0.336. The third-order valence-corrected chi connectivity index (χ3v) is 3.61. The molecule has 1 aromatic heterocycles. The minimum atomic E-state index is -4.26. The number of fused-ring (bicyclic) bond motifs is 1. The Kier molecular flexibility index (Phi) is 3.14. The lowest BCUT2D eigenvalue weighted by molar-refractivity contribution is -0.179. The van der Waals surface area contributed by atoms with Crippen molar-refractivity contribution in [2.45, 2.75) is 12.2 Å². The van der Waals surface area contributed by atoms with Gasteiger partial charge in [0.25, 0.3) is 0 Å². The number of thiophene rings is 1. The van der Waals surface area contributed by atoms with Gasteiger partial charge in [-0.15, -0.1) is 11.3 Å². The maximum atomic E-state index is 13.0. The summed E-state index contributed by atoms with van der Waals surface area (Å²) in [7, 11) is 2.90. The summed E-state index contributed by atoms with van der Waals surface area (Å²) in [5.74, 6) is 0. The Morgan fingerprint density at radius 3 is 2.41 bits per heavy atom. The summed E-state index contributed by atoms with van der Waals surface area (Å²) >= 11 is 1.35. The van der Waals surface area contributed by atoms with Crippen LogP contribution in [-0.4, -0.2) is 25.2 Å². The van der Waals surface area contributed by atoms with Gasteiger partial charge in [-0.25, -0.2) is 0 Å². The van der Waals surface area contributed by atoms with Crippen molar-refractivity contribution in [2.75, 3.05) is 14.1 Å². The van der Waals surface area contributed by atoms with Crippen molar-refractivity contribution in [1.29, 1.82) is 0 Å². The maximum Gasteiger partial charge on any atom is 0.408 e. The van der Waals surface area contributed by atoms with Crippen LogP contribution in [0.5, 0.6) is 0 Å². The third kappa shape index (κ3) is 2.30. The van der Waals surface area contributed by atoms with Crippen molar-refractivity contribution in [3.05, 3.63) is 35.2 Å². The van der Waals surface area contributed by atoms with Gasteiger partial charge in [0.15, 0.2) is 0 Å². The van der Waals surface area contributed by atoms with E-state index in [1.54, 1.807) is 17.5 Å². The highest BCUT2D eigenvalue weighted by Gasteiger charge is 2.43. The van der Waals surface area contributed by atoms with Crippen LogP contribution in [0, 0.1) is 0 Å². The Morgan fingerprint density at radius 1 is 1.18 bits per heavy atom. The number of nitrogens with zero attached hydrogens (tertiary/aromatic N) is 1. The van der Waals surface area contributed by atoms with Gasteiger partial charge in [-0.05, 0) is 36.5 Å². The lowest BCUT2D eigenvalue weighted by Gasteiger charge is -2.26. The average molecular weight is 259 g/mol. The molecule has 0 saturated carbocycles. The van der Waals surface area contributed by atoms with Gasteiger partial charge < -0.3 is 0 Å². The molecule has 0 radical (unpaired) electrons. The van der Waals surface area contributed by atoms with E-state index in [0.29, 0.717) is 10.9 Å². The molecule has 5 heteroatoms. The Bertz CT molecular complexity index is 516. The summed E-state index contributed by atoms with van der Waals surface area (Å²) in [6, 6.07) is 5.64. The van der Waals surface area contributed by atoms with Gasteiger partial charge in [0, 0.05) is 4.70 Å². The van der Waals surface area contributed by atoms with E-state index in [1.165, 1.54) is 30.3 Å². The zero-order valence-electron chi connectivity index (χ0n) is 9.45. The fourth-order valence-electron chi connectivity index (χ4n) is 1.96. The van der Waals surface area contributed by atoms with E-state index in [1.807, 2.05) is 12.1 Å². The van der Waals surface area contributed by atoms with Gasteiger partial charge in [-0.1, -0.05) is 18.2 Å². The molecule has 1 unspecified atom stereocenters. The highest BCUT2D eigenvalue weighted by Crippen LogP contribution is 2.41. The number of halogens is 3. The second-order valence-electron chi connectivity index (χ2n) is 4.09. The predicted octanol–water partition coefficient (Wildman–Crippen LogP) is 4.07. The molecule has 0 amide bonds. The van der Waals surface area contributed by atoms with Crippen LogP contribution in [-0.2, 0) is 0 Å². The van der Waals surface area contributed by atoms with E-state index in [-0.39, 0.29) is 0 Å². The van der Waals surface area contributed by atoms with Gasteiger partial charge in [-0.2, -0.15) is 13.2 Å². The maximum absolute atomic E-state index is 13.0. The molecule has 0 aliphatic rings. The molecule has 0 spiro atoms. The molecule has 0 saturated heterocycles. The molecule has 1 heterocycles. The van der Waals surface area contributed by atoms with E-state index in [9.17, 15) is 13.2 Å². The van der Waals surface area contributed by atoms with Gasteiger partial charge in [0.05, 0.1) is 0 Å².